The molecule has 9 nitrogen and oxygen atoms in total. The molecular weight excluding hydrogens is 388 g/mol. The van der Waals surface area contributed by atoms with Gasteiger partial charge in [-0.25, -0.2) is 4.79 Å². The number of hydrogen-bond acceptors (Lipinski definition) is 7. The Labute approximate surface area is 166 Å². The quantitative estimate of drug-likeness (QED) is 0.643. The maximum atomic E-state index is 11.7. The molecule has 1 aromatic carbocycles. The molecule has 0 fully saturated rings. The average Bonchev–Trinajstić information content (AvgIpc) is 3.14. The standard InChI is InChI=1S/C18H21ClN4O5/c1-3-11(2)20-18(26)21-14(24)10-27-16(25)9-8-15-22-17(23-28-15)12-4-6-13(19)7-5-12/h4-7,11H,3,8-10H2,1-2H3,(H2,20,21,24,26)/t11-/m1/s1. The van der Waals surface area contributed by atoms with Crippen LogP contribution in [0.15, 0.2) is 28.8 Å². The molecule has 0 spiro atoms. The van der Waals surface area contributed by atoms with E-state index in [1.165, 1.54) is 0 Å². The molecule has 0 bridgehead atoms. The van der Waals surface area contributed by atoms with Crippen LogP contribution in [0.2, 0.25) is 5.02 Å². The van der Waals surface area contributed by atoms with Gasteiger partial charge in [0.25, 0.3) is 5.91 Å². The van der Waals surface area contributed by atoms with Crippen molar-refractivity contribution in [3.8, 4) is 11.4 Å². The molecule has 0 aliphatic heterocycles. The summed E-state index contributed by atoms with van der Waals surface area (Å²) in [4.78, 5) is 39.0. The zero-order valence-corrected chi connectivity index (χ0v) is 16.3. The number of halogens is 1. The predicted molar refractivity (Wildman–Crippen MR) is 100 cm³/mol. The number of carbonyl (C=O) groups excluding carboxylic acids is 3. The van der Waals surface area contributed by atoms with Crippen molar-refractivity contribution < 1.29 is 23.6 Å². The van der Waals surface area contributed by atoms with Gasteiger partial charge in [0.1, 0.15) is 0 Å². The zero-order valence-electron chi connectivity index (χ0n) is 15.5. The first kappa shape index (κ1) is 21.4. The van der Waals surface area contributed by atoms with Crippen molar-refractivity contribution in [1.29, 1.82) is 0 Å². The summed E-state index contributed by atoms with van der Waals surface area (Å²) in [6, 6.07) is 6.22. The van der Waals surface area contributed by atoms with Crippen molar-refractivity contribution >= 4 is 29.5 Å². The van der Waals surface area contributed by atoms with E-state index in [9.17, 15) is 14.4 Å². The van der Waals surface area contributed by atoms with E-state index in [-0.39, 0.29) is 24.8 Å². The molecule has 0 saturated carbocycles. The molecular formula is C18H21ClN4O5. The SMILES string of the molecule is CC[C@@H](C)NC(=O)NC(=O)COC(=O)CCc1nc(-c2ccc(Cl)cc2)no1. The monoisotopic (exact) mass is 408 g/mol. The van der Waals surface area contributed by atoms with Crippen LogP contribution in [0.25, 0.3) is 11.4 Å². The highest BCUT2D eigenvalue weighted by atomic mass is 35.5. The van der Waals surface area contributed by atoms with Crippen LogP contribution in [0.3, 0.4) is 0 Å². The van der Waals surface area contributed by atoms with Gasteiger partial charge >= 0.3 is 12.0 Å². The van der Waals surface area contributed by atoms with Crippen molar-refractivity contribution in [2.24, 2.45) is 0 Å². The molecule has 1 atom stereocenters. The van der Waals surface area contributed by atoms with Gasteiger partial charge in [0.15, 0.2) is 6.61 Å². The Morgan fingerprint density at radius 3 is 2.64 bits per heavy atom. The first-order valence-electron chi connectivity index (χ1n) is 8.72. The number of imide groups is 1. The number of esters is 1. The lowest BCUT2D eigenvalue weighted by Gasteiger charge is -2.11. The third kappa shape index (κ3) is 6.99. The van der Waals surface area contributed by atoms with Crippen LogP contribution < -0.4 is 10.6 Å². The van der Waals surface area contributed by atoms with Gasteiger partial charge in [-0.15, -0.1) is 0 Å². The van der Waals surface area contributed by atoms with Gasteiger partial charge in [-0.1, -0.05) is 23.7 Å². The molecule has 3 amide bonds. The van der Waals surface area contributed by atoms with E-state index in [2.05, 4.69) is 20.8 Å². The number of amides is 3. The molecule has 2 N–H and O–H groups in total. The smallest absolute Gasteiger partial charge is 0.321 e. The second kappa shape index (κ2) is 10.4. The summed E-state index contributed by atoms with van der Waals surface area (Å²) < 4.78 is 9.92. The number of aryl methyl sites for hydroxylation is 1. The van der Waals surface area contributed by atoms with E-state index >= 15 is 0 Å². The lowest BCUT2D eigenvalue weighted by Crippen LogP contribution is -2.44. The third-order valence-corrected chi connectivity index (χ3v) is 3.97. The Morgan fingerprint density at radius 1 is 1.25 bits per heavy atom. The topological polar surface area (TPSA) is 123 Å². The molecule has 28 heavy (non-hydrogen) atoms. The molecule has 150 valence electrons. The first-order chi connectivity index (χ1) is 13.4. The first-order valence-corrected chi connectivity index (χ1v) is 9.09. The number of urea groups is 1. The van der Waals surface area contributed by atoms with E-state index in [4.69, 9.17) is 20.9 Å². The highest BCUT2D eigenvalue weighted by molar-refractivity contribution is 6.30. The van der Waals surface area contributed by atoms with Crippen LogP contribution in [-0.4, -0.2) is 40.7 Å². The molecule has 1 heterocycles. The van der Waals surface area contributed by atoms with Gasteiger partial charge in [0.2, 0.25) is 11.7 Å². The van der Waals surface area contributed by atoms with Gasteiger partial charge in [-0.2, -0.15) is 4.98 Å². The van der Waals surface area contributed by atoms with E-state index in [1.54, 1.807) is 31.2 Å². The fourth-order valence-electron chi connectivity index (χ4n) is 2.02. The Kier molecular flexibility index (Phi) is 7.94. The Morgan fingerprint density at radius 2 is 1.96 bits per heavy atom. The van der Waals surface area contributed by atoms with Crippen LogP contribution in [0, 0.1) is 0 Å². The van der Waals surface area contributed by atoms with Crippen LogP contribution >= 0.6 is 11.6 Å². The normalized spacial score (nSPS) is 11.5. The maximum absolute atomic E-state index is 11.7. The summed E-state index contributed by atoms with van der Waals surface area (Å²) in [6.45, 7) is 3.16. The molecule has 0 aliphatic rings. The van der Waals surface area contributed by atoms with Crippen LogP contribution in [0.5, 0.6) is 0 Å². The zero-order chi connectivity index (χ0) is 20.5. The van der Waals surface area contributed by atoms with Crippen molar-refractivity contribution in [1.82, 2.24) is 20.8 Å². The molecule has 2 rings (SSSR count). The van der Waals surface area contributed by atoms with Gasteiger partial charge < -0.3 is 14.6 Å². The Balaban J connectivity index is 1.72. The fourth-order valence-corrected chi connectivity index (χ4v) is 2.15. The summed E-state index contributed by atoms with van der Waals surface area (Å²) in [7, 11) is 0. The van der Waals surface area contributed by atoms with E-state index in [0.29, 0.717) is 10.8 Å². The molecule has 2 aromatic rings. The second-order valence-electron chi connectivity index (χ2n) is 6.01. The van der Waals surface area contributed by atoms with Gasteiger partial charge in [-0.3, -0.25) is 14.9 Å². The third-order valence-electron chi connectivity index (χ3n) is 3.72. The number of rotatable bonds is 8. The number of nitrogens with one attached hydrogen (secondary N) is 2. The lowest BCUT2D eigenvalue weighted by atomic mass is 10.2. The number of benzene rings is 1. The second-order valence-corrected chi connectivity index (χ2v) is 6.45. The van der Waals surface area contributed by atoms with E-state index in [1.807, 2.05) is 6.92 Å². The summed E-state index contributed by atoms with van der Waals surface area (Å²) in [5.41, 5.74) is 0.731. The van der Waals surface area contributed by atoms with Crippen LogP contribution in [-0.2, 0) is 20.7 Å². The average molecular weight is 409 g/mol. The van der Waals surface area contributed by atoms with Gasteiger partial charge in [0, 0.05) is 23.0 Å². The number of carbonyl (C=O) groups is 3. The largest absolute Gasteiger partial charge is 0.456 e. The highest BCUT2D eigenvalue weighted by Gasteiger charge is 2.14. The highest BCUT2D eigenvalue weighted by Crippen LogP contribution is 2.19. The van der Waals surface area contributed by atoms with Crippen LogP contribution in [0.4, 0.5) is 4.79 Å². The molecule has 0 aliphatic carbocycles. The van der Waals surface area contributed by atoms with Crippen molar-refractivity contribution in [3.05, 3.63) is 35.2 Å². The Hall–Kier alpha value is -2.94. The summed E-state index contributed by atoms with van der Waals surface area (Å²) >= 11 is 5.83. The number of aromatic nitrogens is 2. The molecule has 10 heteroatoms. The lowest BCUT2D eigenvalue weighted by molar-refractivity contribution is -0.148. The maximum Gasteiger partial charge on any atom is 0.321 e. The van der Waals surface area contributed by atoms with Crippen molar-refractivity contribution in [2.75, 3.05) is 6.61 Å². The molecule has 1 aromatic heterocycles. The minimum Gasteiger partial charge on any atom is -0.456 e. The fraction of sp³-hybridized carbons (Fsp3) is 0.389. The van der Waals surface area contributed by atoms with Gasteiger partial charge in [-0.05, 0) is 37.6 Å². The minimum atomic E-state index is -0.711. The summed E-state index contributed by atoms with van der Waals surface area (Å²) in [6.07, 6.45) is 0.843. The van der Waals surface area contributed by atoms with Crippen molar-refractivity contribution in [2.45, 2.75) is 39.2 Å². The van der Waals surface area contributed by atoms with E-state index in [0.717, 1.165) is 12.0 Å². The molecule has 0 saturated heterocycles. The molecule has 0 unspecified atom stereocenters. The van der Waals surface area contributed by atoms with Crippen LogP contribution in [0.1, 0.15) is 32.6 Å². The predicted octanol–water partition coefficient (Wildman–Crippen LogP) is 2.49. The number of ether oxygens (including phenoxy) is 1. The summed E-state index contributed by atoms with van der Waals surface area (Å²) in [5.74, 6) is -0.688. The minimum absolute atomic E-state index is 0.0470. The van der Waals surface area contributed by atoms with E-state index < -0.39 is 24.5 Å². The number of hydrogen-bond donors (Lipinski definition) is 2. The van der Waals surface area contributed by atoms with Crippen molar-refractivity contribution in [3.63, 3.8) is 0 Å². The molecule has 0 radical (unpaired) electrons. The Bertz CT molecular complexity index is 822. The number of nitrogens with zero attached hydrogens (tertiary/aromatic N) is 2. The summed E-state index contributed by atoms with van der Waals surface area (Å²) in [5, 5.41) is 9.09. The van der Waals surface area contributed by atoms with Gasteiger partial charge in [0.05, 0.1) is 6.42 Å².